The lowest BCUT2D eigenvalue weighted by Gasteiger charge is -2.19. The van der Waals surface area contributed by atoms with E-state index in [-0.39, 0.29) is 11.5 Å². The van der Waals surface area contributed by atoms with E-state index in [1.54, 1.807) is 11.3 Å². The lowest BCUT2D eigenvalue weighted by molar-refractivity contribution is -0.384. The van der Waals surface area contributed by atoms with Gasteiger partial charge < -0.3 is 4.98 Å². The Morgan fingerprint density at radius 2 is 2.33 bits per heavy atom. The Hall–Kier alpha value is -1.99. The summed E-state index contributed by atoms with van der Waals surface area (Å²) in [6.45, 7) is 1.05. The van der Waals surface area contributed by atoms with Crippen molar-refractivity contribution < 1.29 is 9.72 Å². The van der Waals surface area contributed by atoms with Gasteiger partial charge in [-0.2, -0.15) is 0 Å². The molecule has 7 heteroatoms. The Labute approximate surface area is 125 Å². The molecule has 0 saturated heterocycles. The number of nitrogens with one attached hydrogen (secondary N) is 1. The molecular formula is C14H15N3O3S. The molecule has 1 aliphatic carbocycles. The van der Waals surface area contributed by atoms with Crippen LogP contribution in [0.5, 0.6) is 0 Å². The SMILES string of the molecule is O=C(CN(Cc1cccs1)C1CC1)c1cc([N+](=O)[O-])c[nH]1. The topological polar surface area (TPSA) is 79.2 Å². The molecule has 0 bridgehead atoms. The fraction of sp³-hybridized carbons (Fsp3) is 0.357. The van der Waals surface area contributed by atoms with Crippen molar-refractivity contribution in [2.45, 2.75) is 25.4 Å². The molecule has 0 atom stereocenters. The molecule has 21 heavy (non-hydrogen) atoms. The van der Waals surface area contributed by atoms with Crippen molar-refractivity contribution in [3.63, 3.8) is 0 Å². The molecule has 1 fully saturated rings. The molecule has 2 aromatic rings. The maximum Gasteiger partial charge on any atom is 0.287 e. The summed E-state index contributed by atoms with van der Waals surface area (Å²) in [5.41, 5.74) is 0.230. The van der Waals surface area contributed by atoms with Gasteiger partial charge in [0.15, 0.2) is 5.78 Å². The zero-order chi connectivity index (χ0) is 14.8. The number of aromatic amines is 1. The summed E-state index contributed by atoms with van der Waals surface area (Å²) in [4.78, 5) is 28.5. The summed E-state index contributed by atoms with van der Waals surface area (Å²) in [6, 6.07) is 5.82. The largest absolute Gasteiger partial charge is 0.353 e. The molecule has 2 aromatic heterocycles. The minimum atomic E-state index is -0.502. The number of hydrogen-bond donors (Lipinski definition) is 1. The van der Waals surface area contributed by atoms with Gasteiger partial charge in [-0.25, -0.2) is 0 Å². The van der Waals surface area contributed by atoms with Gasteiger partial charge in [-0.3, -0.25) is 19.8 Å². The van der Waals surface area contributed by atoms with Gasteiger partial charge in [-0.1, -0.05) is 6.07 Å². The third kappa shape index (κ3) is 3.37. The fourth-order valence-corrected chi connectivity index (χ4v) is 3.00. The van der Waals surface area contributed by atoms with Gasteiger partial charge in [0.05, 0.1) is 23.4 Å². The molecule has 0 aromatic carbocycles. The quantitative estimate of drug-likeness (QED) is 0.484. The maximum atomic E-state index is 12.3. The highest BCUT2D eigenvalue weighted by Gasteiger charge is 2.31. The predicted molar refractivity (Wildman–Crippen MR) is 79.5 cm³/mol. The minimum absolute atomic E-state index is 0.0745. The van der Waals surface area contributed by atoms with E-state index >= 15 is 0 Å². The normalized spacial score (nSPS) is 14.5. The van der Waals surface area contributed by atoms with Crippen molar-refractivity contribution in [1.29, 1.82) is 0 Å². The lowest BCUT2D eigenvalue weighted by atomic mass is 10.2. The summed E-state index contributed by atoms with van der Waals surface area (Å²) in [5.74, 6) is -0.105. The highest BCUT2D eigenvalue weighted by molar-refractivity contribution is 7.09. The van der Waals surface area contributed by atoms with Crippen LogP contribution in [0.2, 0.25) is 0 Å². The van der Waals surface area contributed by atoms with Gasteiger partial charge >= 0.3 is 0 Å². The van der Waals surface area contributed by atoms with E-state index in [4.69, 9.17) is 0 Å². The molecule has 110 valence electrons. The smallest absolute Gasteiger partial charge is 0.287 e. The van der Waals surface area contributed by atoms with E-state index in [9.17, 15) is 14.9 Å². The standard InChI is InChI=1S/C14H15N3O3S/c18-14(13-6-11(7-15-13)17(19)20)9-16(10-3-4-10)8-12-2-1-5-21-12/h1-2,5-7,10,15H,3-4,8-9H2. The van der Waals surface area contributed by atoms with Crippen LogP contribution in [0.25, 0.3) is 0 Å². The van der Waals surface area contributed by atoms with Gasteiger partial charge in [-0.15, -0.1) is 11.3 Å². The van der Waals surface area contributed by atoms with Crippen LogP contribution in [0.15, 0.2) is 29.8 Å². The molecule has 1 aliphatic rings. The van der Waals surface area contributed by atoms with Crippen LogP contribution in [0.4, 0.5) is 5.69 Å². The van der Waals surface area contributed by atoms with Gasteiger partial charge in [-0.05, 0) is 24.3 Å². The molecule has 2 heterocycles. The Kier molecular flexibility index (Phi) is 3.85. The first kappa shape index (κ1) is 14.0. The first-order valence-corrected chi connectivity index (χ1v) is 7.64. The van der Waals surface area contributed by atoms with Gasteiger partial charge in [0.2, 0.25) is 0 Å². The zero-order valence-corrected chi connectivity index (χ0v) is 12.1. The Balaban J connectivity index is 1.67. The highest BCUT2D eigenvalue weighted by Crippen LogP contribution is 2.29. The molecule has 1 saturated carbocycles. The van der Waals surface area contributed by atoms with Crippen molar-refractivity contribution in [2.24, 2.45) is 0 Å². The summed E-state index contributed by atoms with van der Waals surface area (Å²) >= 11 is 1.68. The number of hydrogen-bond acceptors (Lipinski definition) is 5. The fourth-order valence-electron chi connectivity index (χ4n) is 2.28. The van der Waals surface area contributed by atoms with Gasteiger partial charge in [0.25, 0.3) is 5.69 Å². The highest BCUT2D eigenvalue weighted by atomic mass is 32.1. The number of carbonyl (C=O) groups excluding carboxylic acids is 1. The third-order valence-electron chi connectivity index (χ3n) is 3.53. The molecule has 0 aliphatic heterocycles. The molecule has 1 N–H and O–H groups in total. The van der Waals surface area contributed by atoms with E-state index in [0.717, 1.165) is 19.4 Å². The first-order valence-electron chi connectivity index (χ1n) is 6.76. The van der Waals surface area contributed by atoms with Gasteiger partial charge in [0, 0.05) is 23.5 Å². The van der Waals surface area contributed by atoms with Crippen molar-refractivity contribution in [1.82, 2.24) is 9.88 Å². The minimum Gasteiger partial charge on any atom is -0.353 e. The number of thiophene rings is 1. The third-order valence-corrected chi connectivity index (χ3v) is 4.39. The average Bonchev–Trinajstić information content (AvgIpc) is 2.97. The molecular weight excluding hydrogens is 290 g/mol. The summed E-state index contributed by atoms with van der Waals surface area (Å²) < 4.78 is 0. The Morgan fingerprint density at radius 1 is 1.52 bits per heavy atom. The Bertz CT molecular complexity index is 646. The van der Waals surface area contributed by atoms with Crippen LogP contribution in [0, 0.1) is 10.1 Å². The summed E-state index contributed by atoms with van der Waals surface area (Å²) in [7, 11) is 0. The predicted octanol–water partition coefficient (Wildman–Crippen LogP) is 2.83. The summed E-state index contributed by atoms with van der Waals surface area (Å²) in [6.07, 6.45) is 3.49. The number of rotatable bonds is 7. The second kappa shape index (κ2) is 5.79. The average molecular weight is 305 g/mol. The maximum absolute atomic E-state index is 12.3. The number of nitro groups is 1. The number of Topliss-reactive ketones (excluding diaryl/α,β-unsaturated/α-hetero) is 1. The molecule has 0 radical (unpaired) electrons. The van der Waals surface area contributed by atoms with Crippen LogP contribution in [-0.2, 0) is 6.54 Å². The Morgan fingerprint density at radius 3 is 2.90 bits per heavy atom. The molecule has 0 spiro atoms. The monoisotopic (exact) mass is 305 g/mol. The van der Waals surface area contributed by atoms with Crippen LogP contribution >= 0.6 is 11.3 Å². The van der Waals surface area contributed by atoms with Crippen LogP contribution in [-0.4, -0.2) is 33.2 Å². The van der Waals surface area contributed by atoms with Crippen molar-refractivity contribution in [2.75, 3.05) is 6.54 Å². The first-order chi connectivity index (χ1) is 10.1. The van der Waals surface area contributed by atoms with Crippen molar-refractivity contribution in [3.8, 4) is 0 Å². The van der Waals surface area contributed by atoms with E-state index in [1.165, 1.54) is 17.1 Å². The molecule has 6 nitrogen and oxygen atoms in total. The number of carbonyl (C=O) groups is 1. The number of nitrogens with zero attached hydrogens (tertiary/aromatic N) is 2. The van der Waals surface area contributed by atoms with Crippen molar-refractivity contribution >= 4 is 22.8 Å². The van der Waals surface area contributed by atoms with E-state index in [0.29, 0.717) is 18.3 Å². The lowest BCUT2D eigenvalue weighted by Crippen LogP contribution is -2.31. The van der Waals surface area contributed by atoms with Crippen LogP contribution in [0.1, 0.15) is 28.2 Å². The summed E-state index contributed by atoms with van der Waals surface area (Å²) in [5, 5.41) is 12.7. The van der Waals surface area contributed by atoms with E-state index in [2.05, 4.69) is 16.0 Å². The van der Waals surface area contributed by atoms with E-state index in [1.807, 2.05) is 11.4 Å². The number of ketones is 1. The van der Waals surface area contributed by atoms with E-state index < -0.39 is 4.92 Å². The number of aromatic nitrogens is 1. The van der Waals surface area contributed by atoms with Crippen LogP contribution < -0.4 is 0 Å². The second-order valence-corrected chi connectivity index (χ2v) is 6.20. The number of H-pyrrole nitrogens is 1. The van der Waals surface area contributed by atoms with Crippen molar-refractivity contribution in [3.05, 3.63) is 50.5 Å². The zero-order valence-electron chi connectivity index (χ0n) is 11.3. The van der Waals surface area contributed by atoms with Crippen LogP contribution in [0.3, 0.4) is 0 Å². The molecule has 0 amide bonds. The second-order valence-electron chi connectivity index (χ2n) is 5.17. The van der Waals surface area contributed by atoms with Gasteiger partial charge in [0.1, 0.15) is 0 Å². The molecule has 3 rings (SSSR count). The molecule has 0 unspecified atom stereocenters.